The van der Waals surface area contributed by atoms with Crippen LogP contribution in [0.25, 0.3) is 0 Å². The van der Waals surface area contributed by atoms with Gasteiger partial charge in [-0.2, -0.15) is 8.46 Å². The van der Waals surface area contributed by atoms with Gasteiger partial charge in [-0.3, -0.25) is 0 Å². The molecule has 0 fully saturated rings. The van der Waals surface area contributed by atoms with Gasteiger partial charge in [0, 0.05) is 0 Å². The third-order valence-corrected chi connectivity index (χ3v) is 1.90. The Hall–Kier alpha value is 0.495. The Morgan fingerprint density at radius 3 is 1.86 bits per heavy atom. The molecule has 0 N–H and O–H groups in total. The molecule has 0 spiro atoms. The lowest BCUT2D eigenvalue weighted by atomic mass is 10.0. The van der Waals surface area contributed by atoms with Gasteiger partial charge in [0.15, 0.2) is 0 Å². The molecule has 0 aliphatic rings. The Bertz CT molecular complexity index is 46.5. The molecule has 0 aromatic heterocycles. The molecule has 1 unspecified atom stereocenters. The fourth-order valence-electron chi connectivity index (χ4n) is 0.306. The molecule has 0 saturated carbocycles. The zero-order valence-corrected chi connectivity index (χ0v) is 6.28. The highest BCUT2D eigenvalue weighted by atomic mass is 31.1. The van der Waals surface area contributed by atoms with Crippen molar-refractivity contribution in [3.05, 3.63) is 0 Å². The third-order valence-electron chi connectivity index (χ3n) is 0.632. The third kappa shape index (κ3) is 6.49. The van der Waals surface area contributed by atoms with Gasteiger partial charge < -0.3 is 0 Å². The fourth-order valence-corrected chi connectivity index (χ4v) is 0.919. The normalized spacial score (nSPS) is 13.6. The Kier molecular flexibility index (Phi) is 2.91. The van der Waals surface area contributed by atoms with Gasteiger partial charge in [0.1, 0.15) is 7.57 Å². The van der Waals surface area contributed by atoms with Gasteiger partial charge >= 0.3 is 0 Å². The first-order chi connectivity index (χ1) is 3.06. The maximum absolute atomic E-state index is 5.34. The molecule has 0 aliphatic heterocycles. The van der Waals surface area contributed by atoms with Crippen LogP contribution in [0.1, 0.15) is 20.8 Å². The van der Waals surface area contributed by atoms with Crippen molar-refractivity contribution in [2.45, 2.75) is 20.8 Å². The van der Waals surface area contributed by atoms with Crippen molar-refractivity contribution in [3.8, 4) is 0 Å². The lowest BCUT2D eigenvalue weighted by molar-refractivity contribution is 0.480. The molecular weight excluding hydrogens is 102 g/mol. The van der Waals surface area contributed by atoms with E-state index in [9.17, 15) is 0 Å². The van der Waals surface area contributed by atoms with Crippen molar-refractivity contribution in [2.24, 2.45) is 5.41 Å². The molecule has 0 bridgehead atoms. The molecule has 0 aliphatic carbocycles. The van der Waals surface area contributed by atoms with E-state index in [0.717, 1.165) is 6.16 Å². The molecule has 40 valence electrons. The standard InChI is InChI=1S/C5H12BP/c1-5(2,3)4-7-6/h7H,4H2,1-3H3. The molecule has 0 heterocycles. The zero-order valence-electron chi connectivity index (χ0n) is 5.28. The molecule has 0 aromatic carbocycles. The van der Waals surface area contributed by atoms with Crippen molar-refractivity contribution < 1.29 is 0 Å². The summed E-state index contributed by atoms with van der Waals surface area (Å²) in [6.45, 7) is 6.60. The van der Waals surface area contributed by atoms with E-state index in [1.807, 2.05) is 0 Å². The molecule has 0 nitrogen and oxygen atoms in total. The number of hydrogen-bond acceptors (Lipinski definition) is 0. The van der Waals surface area contributed by atoms with Crippen molar-refractivity contribution in [3.63, 3.8) is 0 Å². The SMILES string of the molecule is [B]PCC(C)(C)C. The molecular formula is C5H12BP. The molecule has 2 radical (unpaired) electrons. The van der Waals surface area contributed by atoms with Crippen LogP contribution in [0.15, 0.2) is 0 Å². The van der Waals surface area contributed by atoms with E-state index < -0.39 is 0 Å². The summed E-state index contributed by atoms with van der Waals surface area (Å²) in [5, 5.41) is 0. The summed E-state index contributed by atoms with van der Waals surface area (Å²) in [4.78, 5) is 0. The van der Waals surface area contributed by atoms with E-state index >= 15 is 0 Å². The zero-order chi connectivity index (χ0) is 5.91. The van der Waals surface area contributed by atoms with Crippen molar-refractivity contribution in [1.82, 2.24) is 0 Å². The monoisotopic (exact) mass is 114 g/mol. The van der Waals surface area contributed by atoms with E-state index in [2.05, 4.69) is 20.8 Å². The maximum Gasteiger partial charge on any atom is 0.104 e. The minimum Gasteiger partial charge on any atom is -0.171 e. The van der Waals surface area contributed by atoms with E-state index in [4.69, 9.17) is 7.57 Å². The average Bonchev–Trinajstić information content (AvgIpc) is 1.30. The average molecular weight is 114 g/mol. The molecule has 2 heteroatoms. The van der Waals surface area contributed by atoms with E-state index in [1.165, 1.54) is 0 Å². The Balaban J connectivity index is 3.15. The van der Waals surface area contributed by atoms with Crippen LogP contribution in [0, 0.1) is 5.41 Å². The van der Waals surface area contributed by atoms with Crippen molar-refractivity contribution in [2.75, 3.05) is 6.16 Å². The van der Waals surface area contributed by atoms with Gasteiger partial charge in [0.25, 0.3) is 0 Å². The van der Waals surface area contributed by atoms with Gasteiger partial charge in [0.2, 0.25) is 0 Å². The molecule has 1 atom stereocenters. The second-order valence-electron chi connectivity index (χ2n) is 2.94. The highest BCUT2D eigenvalue weighted by Gasteiger charge is 2.05. The van der Waals surface area contributed by atoms with E-state index in [1.54, 1.807) is 0 Å². The Morgan fingerprint density at radius 2 is 1.86 bits per heavy atom. The summed E-state index contributed by atoms with van der Waals surface area (Å²) in [6.07, 6.45) is 1.15. The van der Waals surface area contributed by atoms with Crippen LogP contribution in [0.5, 0.6) is 0 Å². The number of hydrogen-bond donors (Lipinski definition) is 0. The molecule has 7 heavy (non-hydrogen) atoms. The summed E-state index contributed by atoms with van der Waals surface area (Å²) in [6, 6.07) is 0. The molecule has 0 saturated heterocycles. The minimum atomic E-state index is 0.438. The Morgan fingerprint density at radius 1 is 1.43 bits per heavy atom. The lowest BCUT2D eigenvalue weighted by Gasteiger charge is -2.15. The summed E-state index contributed by atoms with van der Waals surface area (Å²) >= 11 is 0. The number of rotatable bonds is 1. The first-order valence-corrected chi connectivity index (χ1v) is 3.78. The first kappa shape index (κ1) is 7.49. The summed E-state index contributed by atoms with van der Waals surface area (Å²) in [7, 11) is 5.95. The van der Waals surface area contributed by atoms with E-state index in [-0.39, 0.29) is 0 Å². The van der Waals surface area contributed by atoms with Crippen LogP contribution in [0.4, 0.5) is 0 Å². The topological polar surface area (TPSA) is 0 Å². The lowest BCUT2D eigenvalue weighted by Crippen LogP contribution is -2.06. The van der Waals surface area contributed by atoms with Crippen molar-refractivity contribution >= 4 is 16.0 Å². The second-order valence-corrected chi connectivity index (χ2v) is 3.70. The maximum atomic E-state index is 5.34. The van der Waals surface area contributed by atoms with Gasteiger partial charge in [-0.25, -0.2) is 0 Å². The van der Waals surface area contributed by atoms with Crippen LogP contribution >= 0.6 is 8.46 Å². The smallest absolute Gasteiger partial charge is 0.104 e. The first-order valence-electron chi connectivity index (χ1n) is 2.50. The predicted octanol–water partition coefficient (Wildman–Crippen LogP) is 1.79. The van der Waals surface area contributed by atoms with Crippen LogP contribution in [0.2, 0.25) is 0 Å². The van der Waals surface area contributed by atoms with E-state index in [0.29, 0.717) is 13.9 Å². The summed E-state index contributed by atoms with van der Waals surface area (Å²) in [5.74, 6) is 0. The summed E-state index contributed by atoms with van der Waals surface area (Å²) < 4.78 is 0. The molecule has 0 amide bonds. The largest absolute Gasteiger partial charge is 0.171 e. The van der Waals surface area contributed by atoms with Crippen LogP contribution in [-0.2, 0) is 0 Å². The van der Waals surface area contributed by atoms with Gasteiger partial charge in [-0.1, -0.05) is 20.8 Å². The van der Waals surface area contributed by atoms with Crippen LogP contribution in [0.3, 0.4) is 0 Å². The van der Waals surface area contributed by atoms with Crippen molar-refractivity contribution in [1.29, 1.82) is 0 Å². The predicted molar refractivity (Wildman–Crippen MR) is 38.4 cm³/mol. The highest BCUT2D eigenvalue weighted by Crippen LogP contribution is 2.20. The quantitative estimate of drug-likeness (QED) is 0.360. The van der Waals surface area contributed by atoms with Gasteiger partial charge in [-0.05, 0) is 11.6 Å². The van der Waals surface area contributed by atoms with Gasteiger partial charge in [0.05, 0.1) is 0 Å². The highest BCUT2D eigenvalue weighted by molar-refractivity contribution is 7.66. The molecule has 0 aromatic rings. The van der Waals surface area contributed by atoms with Crippen LogP contribution in [-0.4, -0.2) is 13.7 Å². The Labute approximate surface area is 49.2 Å². The minimum absolute atomic E-state index is 0.438. The fraction of sp³-hybridized carbons (Fsp3) is 1.00. The van der Waals surface area contributed by atoms with Crippen LogP contribution < -0.4 is 0 Å². The summed E-state index contributed by atoms with van der Waals surface area (Å²) in [5.41, 5.74) is 0.438. The molecule has 0 rings (SSSR count). The van der Waals surface area contributed by atoms with Gasteiger partial charge in [-0.15, -0.1) is 0 Å². The second kappa shape index (κ2) is 2.72.